The van der Waals surface area contributed by atoms with Crippen molar-refractivity contribution in [3.63, 3.8) is 0 Å². The van der Waals surface area contributed by atoms with Crippen molar-refractivity contribution in [3.8, 4) is 5.69 Å². The average Bonchev–Trinajstić information content (AvgIpc) is 3.02. The van der Waals surface area contributed by atoms with Crippen molar-refractivity contribution >= 4 is 34.4 Å². The molecular formula is C21H18ClN5O. The van der Waals surface area contributed by atoms with E-state index in [9.17, 15) is 4.79 Å². The molecule has 0 bridgehead atoms. The van der Waals surface area contributed by atoms with Crippen molar-refractivity contribution in [1.82, 2.24) is 19.7 Å². The summed E-state index contributed by atoms with van der Waals surface area (Å²) in [7, 11) is 0. The lowest BCUT2D eigenvalue weighted by atomic mass is 10.2. The molecule has 7 heteroatoms. The molecule has 140 valence electrons. The topological polar surface area (TPSA) is 72.7 Å². The molecule has 4 rings (SSSR count). The number of benzene rings is 1. The van der Waals surface area contributed by atoms with E-state index in [-0.39, 0.29) is 11.5 Å². The van der Waals surface area contributed by atoms with Gasteiger partial charge in [-0.25, -0.2) is 14.6 Å². The van der Waals surface area contributed by atoms with Crippen molar-refractivity contribution in [2.45, 2.75) is 20.8 Å². The molecule has 0 atom stereocenters. The van der Waals surface area contributed by atoms with Gasteiger partial charge in [0.25, 0.3) is 5.91 Å². The van der Waals surface area contributed by atoms with Crippen molar-refractivity contribution in [3.05, 3.63) is 76.2 Å². The highest BCUT2D eigenvalue weighted by molar-refractivity contribution is 6.39. The van der Waals surface area contributed by atoms with Gasteiger partial charge in [0, 0.05) is 12.4 Å². The zero-order chi connectivity index (χ0) is 19.8. The Balaban J connectivity index is 1.77. The molecule has 0 aliphatic carbocycles. The number of nitrogens with zero attached hydrogens (tertiary/aromatic N) is 4. The molecule has 1 N–H and O–H groups in total. The van der Waals surface area contributed by atoms with Crippen LogP contribution in [0.2, 0.25) is 5.02 Å². The van der Waals surface area contributed by atoms with Crippen LogP contribution in [0.25, 0.3) is 16.7 Å². The number of anilines is 1. The second-order valence-corrected chi connectivity index (χ2v) is 7.02. The monoisotopic (exact) mass is 391 g/mol. The predicted octanol–water partition coefficient (Wildman–Crippen LogP) is 4.65. The van der Waals surface area contributed by atoms with E-state index in [1.807, 2.05) is 57.2 Å². The number of amides is 1. The number of nitrogens with one attached hydrogen (secondary N) is 1. The Bertz CT molecular complexity index is 1200. The summed E-state index contributed by atoms with van der Waals surface area (Å²) in [6.07, 6.45) is 3.10. The maximum Gasteiger partial charge on any atom is 0.259 e. The predicted molar refractivity (Wildman–Crippen MR) is 110 cm³/mol. The zero-order valence-electron chi connectivity index (χ0n) is 15.7. The molecule has 0 saturated carbocycles. The molecule has 0 aliphatic rings. The van der Waals surface area contributed by atoms with E-state index < -0.39 is 0 Å². The lowest BCUT2D eigenvalue weighted by Gasteiger charge is -2.09. The molecule has 0 spiro atoms. The number of aromatic nitrogens is 4. The summed E-state index contributed by atoms with van der Waals surface area (Å²) in [5, 5.41) is 8.35. The maximum absolute atomic E-state index is 12.8. The highest BCUT2D eigenvalue weighted by atomic mass is 35.5. The molecule has 3 aromatic heterocycles. The van der Waals surface area contributed by atoms with E-state index >= 15 is 0 Å². The summed E-state index contributed by atoms with van der Waals surface area (Å²) >= 11 is 6.60. The average molecular weight is 392 g/mol. The third kappa shape index (κ3) is 3.12. The molecule has 28 heavy (non-hydrogen) atoms. The SMILES string of the molecule is Cc1ccc(-n2nc(C)c3c(Cl)c(C(=O)Nc4ncccc4C)cnc32)cc1. The minimum atomic E-state index is -0.358. The number of hydrogen-bond acceptors (Lipinski definition) is 4. The lowest BCUT2D eigenvalue weighted by molar-refractivity contribution is 0.102. The van der Waals surface area contributed by atoms with E-state index in [0.717, 1.165) is 16.8 Å². The van der Waals surface area contributed by atoms with E-state index in [1.165, 1.54) is 6.20 Å². The van der Waals surface area contributed by atoms with Gasteiger partial charge in [-0.3, -0.25) is 4.79 Å². The first-order valence-corrected chi connectivity index (χ1v) is 9.17. The molecule has 0 fully saturated rings. The van der Waals surface area contributed by atoms with Gasteiger partial charge in [0.15, 0.2) is 5.65 Å². The van der Waals surface area contributed by atoms with Crippen molar-refractivity contribution in [1.29, 1.82) is 0 Å². The van der Waals surface area contributed by atoms with Crippen LogP contribution in [0.4, 0.5) is 5.82 Å². The van der Waals surface area contributed by atoms with Crippen LogP contribution in [0.1, 0.15) is 27.2 Å². The molecule has 3 heterocycles. The third-order valence-electron chi connectivity index (χ3n) is 4.57. The number of carbonyl (C=O) groups excluding carboxylic acids is 1. The second kappa shape index (κ2) is 7.05. The number of halogens is 1. The Morgan fingerprint density at radius 3 is 2.54 bits per heavy atom. The Morgan fingerprint density at radius 2 is 1.82 bits per heavy atom. The largest absolute Gasteiger partial charge is 0.306 e. The highest BCUT2D eigenvalue weighted by Gasteiger charge is 2.20. The number of rotatable bonds is 3. The van der Waals surface area contributed by atoms with Gasteiger partial charge >= 0.3 is 0 Å². The van der Waals surface area contributed by atoms with E-state index in [4.69, 9.17) is 11.6 Å². The maximum atomic E-state index is 12.8. The molecule has 0 radical (unpaired) electrons. The summed E-state index contributed by atoms with van der Waals surface area (Å²) in [5.74, 6) is 0.138. The van der Waals surface area contributed by atoms with E-state index in [1.54, 1.807) is 10.9 Å². The van der Waals surface area contributed by atoms with Crippen molar-refractivity contribution < 1.29 is 4.79 Å². The van der Waals surface area contributed by atoms with Gasteiger partial charge in [-0.05, 0) is 44.5 Å². The fourth-order valence-corrected chi connectivity index (χ4v) is 3.38. The van der Waals surface area contributed by atoms with Gasteiger partial charge in [-0.2, -0.15) is 5.10 Å². The smallest absolute Gasteiger partial charge is 0.259 e. The molecular weight excluding hydrogens is 374 g/mol. The Kier molecular flexibility index (Phi) is 4.57. The zero-order valence-corrected chi connectivity index (χ0v) is 16.4. The van der Waals surface area contributed by atoms with Gasteiger partial charge < -0.3 is 5.32 Å². The van der Waals surface area contributed by atoms with Gasteiger partial charge in [0.1, 0.15) is 5.82 Å². The van der Waals surface area contributed by atoms with Crippen LogP contribution in [-0.4, -0.2) is 25.7 Å². The third-order valence-corrected chi connectivity index (χ3v) is 4.97. The van der Waals surface area contributed by atoms with Crippen molar-refractivity contribution in [2.75, 3.05) is 5.32 Å². The van der Waals surface area contributed by atoms with Gasteiger partial charge in [-0.1, -0.05) is 35.4 Å². The molecule has 4 aromatic rings. The van der Waals surface area contributed by atoms with Crippen LogP contribution in [0.15, 0.2) is 48.8 Å². The van der Waals surface area contributed by atoms with Gasteiger partial charge in [-0.15, -0.1) is 0 Å². The first-order chi connectivity index (χ1) is 13.5. The minimum Gasteiger partial charge on any atom is -0.306 e. The van der Waals surface area contributed by atoms with E-state index in [2.05, 4.69) is 20.4 Å². The molecule has 6 nitrogen and oxygen atoms in total. The van der Waals surface area contributed by atoms with Crippen LogP contribution in [-0.2, 0) is 0 Å². The normalized spacial score (nSPS) is 11.0. The van der Waals surface area contributed by atoms with Crippen LogP contribution >= 0.6 is 11.6 Å². The first-order valence-electron chi connectivity index (χ1n) is 8.79. The molecule has 0 saturated heterocycles. The van der Waals surface area contributed by atoms with Crippen LogP contribution < -0.4 is 5.32 Å². The lowest BCUT2D eigenvalue weighted by Crippen LogP contribution is -2.15. The molecule has 0 unspecified atom stereocenters. The van der Waals surface area contributed by atoms with Crippen LogP contribution in [0.3, 0.4) is 0 Å². The highest BCUT2D eigenvalue weighted by Crippen LogP contribution is 2.30. The summed E-state index contributed by atoms with van der Waals surface area (Å²) in [6.45, 7) is 5.76. The molecule has 1 amide bonds. The summed E-state index contributed by atoms with van der Waals surface area (Å²) in [6, 6.07) is 11.7. The summed E-state index contributed by atoms with van der Waals surface area (Å²) < 4.78 is 1.74. The van der Waals surface area contributed by atoms with E-state index in [0.29, 0.717) is 27.6 Å². The number of aryl methyl sites for hydroxylation is 3. The van der Waals surface area contributed by atoms with Gasteiger partial charge in [0.2, 0.25) is 0 Å². The Hall–Kier alpha value is -3.25. The standard InChI is InChI=1S/C21H18ClN5O/c1-12-6-8-15(9-7-12)27-20-17(14(3)26-27)18(22)16(11-24-20)21(28)25-19-13(2)5-4-10-23-19/h4-11H,1-3H3,(H,23,25,28). The Morgan fingerprint density at radius 1 is 1.07 bits per heavy atom. The first kappa shape index (κ1) is 18.1. The molecule has 0 aliphatic heterocycles. The van der Waals surface area contributed by atoms with Crippen LogP contribution in [0.5, 0.6) is 0 Å². The van der Waals surface area contributed by atoms with Gasteiger partial charge in [0.05, 0.1) is 27.4 Å². The quantitative estimate of drug-likeness (QED) is 0.551. The van der Waals surface area contributed by atoms with Crippen LogP contribution in [0, 0.1) is 20.8 Å². The number of pyridine rings is 2. The fourth-order valence-electron chi connectivity index (χ4n) is 3.02. The molecule has 1 aromatic carbocycles. The number of carbonyl (C=O) groups is 1. The minimum absolute atomic E-state index is 0.283. The number of hydrogen-bond donors (Lipinski definition) is 1. The Labute approximate surface area is 167 Å². The fraction of sp³-hybridized carbons (Fsp3) is 0.143. The van der Waals surface area contributed by atoms with Crippen molar-refractivity contribution in [2.24, 2.45) is 0 Å². The summed E-state index contributed by atoms with van der Waals surface area (Å²) in [4.78, 5) is 21.4. The second-order valence-electron chi connectivity index (χ2n) is 6.64. The number of fused-ring (bicyclic) bond motifs is 1. The summed E-state index contributed by atoms with van der Waals surface area (Å²) in [5.41, 5.74) is 4.50.